The van der Waals surface area contributed by atoms with Crippen LogP contribution in [0.5, 0.6) is 0 Å². The molecule has 3 aromatic carbocycles. The number of aryl methyl sites for hydroxylation is 2. The number of halogens is 3. The quantitative estimate of drug-likeness (QED) is 0.201. The molecule has 1 aromatic heterocycles. The number of amides is 1. The van der Waals surface area contributed by atoms with E-state index in [1.165, 1.54) is 18.4 Å². The molecule has 4 aromatic rings. The monoisotopic (exact) mass is 561 g/mol. The Bertz CT molecular complexity index is 1540. The van der Waals surface area contributed by atoms with Crippen molar-refractivity contribution in [2.75, 3.05) is 11.9 Å². The molecule has 6 nitrogen and oxygen atoms in total. The Morgan fingerprint density at radius 2 is 1.83 bits per heavy atom. The fraction of sp³-hybridized carbons (Fsp3) is 0.312. The van der Waals surface area contributed by atoms with Crippen LogP contribution < -0.4 is 16.4 Å². The zero-order valence-corrected chi connectivity index (χ0v) is 23.1. The molecule has 1 heterocycles. The van der Waals surface area contributed by atoms with Crippen molar-refractivity contribution in [3.8, 4) is 5.69 Å². The smallest absolute Gasteiger partial charge is 0.326 e. The third-order valence-electron chi connectivity index (χ3n) is 7.44. The van der Waals surface area contributed by atoms with E-state index in [4.69, 9.17) is 5.73 Å². The first-order valence-corrected chi connectivity index (χ1v) is 13.8. The summed E-state index contributed by atoms with van der Waals surface area (Å²) in [5.74, 6) is 0.0814. The number of carbonyl (C=O) groups excluding carboxylic acids is 1. The van der Waals surface area contributed by atoms with Crippen LogP contribution in [0.3, 0.4) is 0 Å². The highest BCUT2D eigenvalue weighted by Gasteiger charge is 2.36. The molecule has 0 bridgehead atoms. The SMILES string of the molecule is Cc1ccc(C(NCCC2CC2)c2cccc(NC(=O)c3cc(C(F)(F)F)nn3-c3cccc(CN)c3)c2)c(C)c1. The van der Waals surface area contributed by atoms with Crippen LogP contribution in [0.4, 0.5) is 18.9 Å². The van der Waals surface area contributed by atoms with Crippen LogP contribution in [0.2, 0.25) is 0 Å². The van der Waals surface area contributed by atoms with Gasteiger partial charge in [-0.2, -0.15) is 18.3 Å². The van der Waals surface area contributed by atoms with Gasteiger partial charge in [0.05, 0.1) is 11.7 Å². The molecule has 5 rings (SSSR count). The van der Waals surface area contributed by atoms with Crippen LogP contribution in [0.25, 0.3) is 5.69 Å². The molecule has 1 aliphatic carbocycles. The molecule has 1 atom stereocenters. The molecule has 1 unspecified atom stereocenters. The molecule has 9 heteroatoms. The number of aromatic nitrogens is 2. The Kier molecular flexibility index (Phi) is 8.28. The molecule has 0 spiro atoms. The lowest BCUT2D eigenvalue weighted by molar-refractivity contribution is -0.141. The highest BCUT2D eigenvalue weighted by Crippen LogP contribution is 2.33. The average molecular weight is 562 g/mol. The third-order valence-corrected chi connectivity index (χ3v) is 7.44. The van der Waals surface area contributed by atoms with Gasteiger partial charge in [-0.1, -0.05) is 60.9 Å². The van der Waals surface area contributed by atoms with Gasteiger partial charge in [-0.05, 0) is 79.3 Å². The van der Waals surface area contributed by atoms with Crippen molar-refractivity contribution >= 4 is 11.6 Å². The number of nitrogens with two attached hydrogens (primary N) is 1. The average Bonchev–Trinajstić information content (AvgIpc) is 3.64. The first-order chi connectivity index (χ1) is 19.6. The second-order valence-corrected chi connectivity index (χ2v) is 10.8. The van der Waals surface area contributed by atoms with Gasteiger partial charge >= 0.3 is 6.18 Å². The third kappa shape index (κ3) is 6.86. The van der Waals surface area contributed by atoms with Gasteiger partial charge < -0.3 is 16.4 Å². The zero-order chi connectivity index (χ0) is 29.1. The number of alkyl halides is 3. The summed E-state index contributed by atoms with van der Waals surface area (Å²) in [6, 6.07) is 21.1. The first kappa shape index (κ1) is 28.6. The second-order valence-electron chi connectivity index (χ2n) is 10.8. The second kappa shape index (κ2) is 11.9. The number of nitrogens with one attached hydrogen (secondary N) is 2. The van der Waals surface area contributed by atoms with Crippen LogP contribution in [0.15, 0.2) is 72.8 Å². The van der Waals surface area contributed by atoms with Gasteiger partial charge in [0.15, 0.2) is 5.69 Å². The van der Waals surface area contributed by atoms with E-state index in [0.29, 0.717) is 16.9 Å². The summed E-state index contributed by atoms with van der Waals surface area (Å²) in [6.07, 6.45) is -1.05. The number of hydrogen-bond donors (Lipinski definition) is 3. The lowest BCUT2D eigenvalue weighted by Gasteiger charge is -2.23. The van der Waals surface area contributed by atoms with E-state index in [9.17, 15) is 18.0 Å². The number of benzene rings is 3. The van der Waals surface area contributed by atoms with Crippen LogP contribution in [-0.2, 0) is 12.7 Å². The Hall–Kier alpha value is -3.95. The Labute approximate surface area is 237 Å². The normalized spacial score (nSPS) is 14.2. The molecule has 0 saturated heterocycles. The van der Waals surface area contributed by atoms with Crippen molar-refractivity contribution in [1.82, 2.24) is 15.1 Å². The molecule has 214 valence electrons. The Morgan fingerprint density at radius 1 is 1.05 bits per heavy atom. The maximum Gasteiger partial charge on any atom is 0.435 e. The Balaban J connectivity index is 1.45. The van der Waals surface area contributed by atoms with E-state index < -0.39 is 17.8 Å². The zero-order valence-electron chi connectivity index (χ0n) is 23.1. The molecule has 41 heavy (non-hydrogen) atoms. The lowest BCUT2D eigenvalue weighted by Crippen LogP contribution is -2.25. The van der Waals surface area contributed by atoms with E-state index in [2.05, 4.69) is 47.8 Å². The summed E-state index contributed by atoms with van der Waals surface area (Å²) in [4.78, 5) is 13.4. The lowest BCUT2D eigenvalue weighted by atomic mass is 9.93. The summed E-state index contributed by atoms with van der Waals surface area (Å²) < 4.78 is 41.9. The molecule has 1 saturated carbocycles. The van der Waals surface area contributed by atoms with E-state index >= 15 is 0 Å². The van der Waals surface area contributed by atoms with Crippen molar-refractivity contribution < 1.29 is 18.0 Å². The van der Waals surface area contributed by atoms with Crippen LogP contribution in [0.1, 0.15) is 69.3 Å². The highest BCUT2D eigenvalue weighted by atomic mass is 19.4. The summed E-state index contributed by atoms with van der Waals surface area (Å²) in [7, 11) is 0. The number of rotatable bonds is 10. The molecule has 1 aliphatic rings. The summed E-state index contributed by atoms with van der Waals surface area (Å²) >= 11 is 0. The van der Waals surface area contributed by atoms with Gasteiger partial charge in [0.25, 0.3) is 5.91 Å². The van der Waals surface area contributed by atoms with Crippen LogP contribution >= 0.6 is 0 Å². The molecule has 1 fully saturated rings. The molecule has 0 aliphatic heterocycles. The minimum Gasteiger partial charge on any atom is -0.326 e. The predicted octanol–water partition coefficient (Wildman–Crippen LogP) is 6.70. The van der Waals surface area contributed by atoms with Gasteiger partial charge in [-0.3, -0.25) is 4.79 Å². The number of anilines is 1. The molecule has 0 radical (unpaired) electrons. The predicted molar refractivity (Wildman–Crippen MR) is 154 cm³/mol. The molecule has 4 N–H and O–H groups in total. The van der Waals surface area contributed by atoms with Gasteiger partial charge in [0.1, 0.15) is 5.69 Å². The summed E-state index contributed by atoms with van der Waals surface area (Å²) in [6.45, 7) is 5.21. The first-order valence-electron chi connectivity index (χ1n) is 13.8. The van der Waals surface area contributed by atoms with Crippen molar-refractivity contribution in [2.24, 2.45) is 11.7 Å². The largest absolute Gasteiger partial charge is 0.435 e. The van der Waals surface area contributed by atoms with Crippen molar-refractivity contribution in [3.05, 3.63) is 112 Å². The fourth-order valence-corrected chi connectivity index (χ4v) is 5.08. The van der Waals surface area contributed by atoms with Crippen LogP contribution in [-0.4, -0.2) is 22.2 Å². The number of nitrogens with zero attached hydrogens (tertiary/aromatic N) is 2. The maximum atomic E-state index is 13.6. The highest BCUT2D eigenvalue weighted by molar-refractivity contribution is 6.03. The molecule has 1 amide bonds. The number of hydrogen-bond acceptors (Lipinski definition) is 4. The van der Waals surface area contributed by atoms with E-state index in [0.717, 1.165) is 46.3 Å². The van der Waals surface area contributed by atoms with Crippen LogP contribution in [0, 0.1) is 19.8 Å². The minimum atomic E-state index is -4.71. The number of carbonyl (C=O) groups is 1. The molecular formula is C32H34F3N5O. The van der Waals surface area contributed by atoms with E-state index in [1.54, 1.807) is 30.3 Å². The topological polar surface area (TPSA) is 85.0 Å². The molecular weight excluding hydrogens is 527 g/mol. The standard InChI is InChI=1S/C32H34F3N5O/c1-20-9-12-27(21(2)15-20)30(37-14-13-22-10-11-22)24-6-4-7-25(17-24)38-31(41)28-18-29(32(33,34)35)39-40(28)26-8-3-5-23(16-26)19-36/h3-9,12,15-18,22,30,37H,10-11,13-14,19,36H2,1-2H3,(H,38,41). The minimum absolute atomic E-state index is 0.104. The summed E-state index contributed by atoms with van der Waals surface area (Å²) in [5.41, 5.74) is 10.3. The fourth-order valence-electron chi connectivity index (χ4n) is 5.08. The van der Waals surface area contributed by atoms with Gasteiger partial charge in [-0.25, -0.2) is 4.68 Å². The maximum absolute atomic E-state index is 13.6. The van der Waals surface area contributed by atoms with E-state index in [-0.39, 0.29) is 18.3 Å². The van der Waals surface area contributed by atoms with Gasteiger partial charge in [0.2, 0.25) is 0 Å². The van der Waals surface area contributed by atoms with Gasteiger partial charge in [0, 0.05) is 18.3 Å². The summed E-state index contributed by atoms with van der Waals surface area (Å²) in [5, 5.41) is 10.2. The Morgan fingerprint density at radius 3 is 2.54 bits per heavy atom. The van der Waals surface area contributed by atoms with E-state index in [1.807, 2.05) is 18.2 Å². The van der Waals surface area contributed by atoms with Crippen molar-refractivity contribution in [1.29, 1.82) is 0 Å². The van der Waals surface area contributed by atoms with Gasteiger partial charge in [-0.15, -0.1) is 0 Å². The van der Waals surface area contributed by atoms with Crippen molar-refractivity contribution in [2.45, 2.75) is 51.9 Å². The van der Waals surface area contributed by atoms with Crippen molar-refractivity contribution in [3.63, 3.8) is 0 Å².